The molecule has 24 heavy (non-hydrogen) atoms. The Morgan fingerprint density at radius 2 is 1.33 bits per heavy atom. The summed E-state index contributed by atoms with van der Waals surface area (Å²) in [6.07, 6.45) is 7.88. The van der Waals surface area contributed by atoms with Crippen LogP contribution in [0.5, 0.6) is 0 Å². The maximum absolute atomic E-state index is 2.30. The first-order chi connectivity index (χ1) is 11.5. The third-order valence-corrected chi connectivity index (χ3v) is 7.47. The van der Waals surface area contributed by atoms with Gasteiger partial charge in [0.2, 0.25) is 0 Å². The van der Waals surface area contributed by atoms with Crippen LogP contribution in [-0.2, 0) is 0 Å². The zero-order valence-corrected chi connectivity index (χ0v) is 16.3. The minimum absolute atomic E-state index is 0.241. The van der Waals surface area contributed by atoms with Crippen molar-refractivity contribution in [3.05, 3.63) is 91.1 Å². The zero-order valence-electron chi connectivity index (χ0n) is 14.6. The summed E-state index contributed by atoms with van der Waals surface area (Å²) in [7, 11) is -0.373. The summed E-state index contributed by atoms with van der Waals surface area (Å²) in [5.41, 5.74) is 0. The van der Waals surface area contributed by atoms with Gasteiger partial charge in [-0.2, -0.15) is 0 Å². The molecule has 3 rings (SSSR count). The van der Waals surface area contributed by atoms with Gasteiger partial charge < -0.3 is 0 Å². The standard InChI is InChI=1S/C22H24PS/c1-22(2,3)24-21-16-10-11-18(21)17-23(19-12-6-4-7-13-19)20-14-8-5-9-15-20/h4-16H,17H2,1-3H3. The first-order valence-corrected chi connectivity index (χ1v) is 10.7. The molecule has 2 aromatic carbocycles. The fourth-order valence-corrected chi connectivity index (χ4v) is 6.25. The minimum Gasteiger partial charge on any atom is -0.147 e. The SMILES string of the molecule is CC(C)(C)S[C]1[CH][CH][CH][C]1CP(c1ccccc1)c1ccccc1. The second-order valence-electron chi connectivity index (χ2n) is 6.89. The second kappa shape index (κ2) is 8.07. The topological polar surface area (TPSA) is 0 Å². The van der Waals surface area contributed by atoms with Crippen molar-refractivity contribution in [2.24, 2.45) is 0 Å². The molecule has 1 saturated carbocycles. The lowest BCUT2D eigenvalue weighted by Gasteiger charge is -2.29. The van der Waals surface area contributed by atoms with Crippen molar-refractivity contribution in [3.63, 3.8) is 0 Å². The highest BCUT2D eigenvalue weighted by Crippen LogP contribution is 2.51. The van der Waals surface area contributed by atoms with Crippen LogP contribution in [0.3, 0.4) is 0 Å². The van der Waals surface area contributed by atoms with Gasteiger partial charge >= 0.3 is 0 Å². The Labute approximate surface area is 153 Å². The van der Waals surface area contributed by atoms with Crippen molar-refractivity contribution in [1.82, 2.24) is 0 Å². The maximum Gasteiger partial charge on any atom is 0.0423 e. The number of thioether (sulfide) groups is 1. The van der Waals surface area contributed by atoms with E-state index in [-0.39, 0.29) is 12.7 Å². The maximum atomic E-state index is 2.30. The van der Waals surface area contributed by atoms with Gasteiger partial charge in [-0.05, 0) is 44.0 Å². The van der Waals surface area contributed by atoms with E-state index >= 15 is 0 Å². The molecule has 0 spiro atoms. The Kier molecular flexibility index (Phi) is 6.06. The van der Waals surface area contributed by atoms with Crippen LogP contribution in [0.1, 0.15) is 20.8 Å². The molecule has 1 aliphatic carbocycles. The van der Waals surface area contributed by atoms with Crippen LogP contribution in [0.2, 0.25) is 0 Å². The summed E-state index contributed by atoms with van der Waals surface area (Å²) in [4.78, 5) is 0. The van der Waals surface area contributed by atoms with E-state index in [4.69, 9.17) is 0 Å². The van der Waals surface area contributed by atoms with Crippen molar-refractivity contribution in [2.45, 2.75) is 25.5 Å². The summed E-state index contributed by atoms with van der Waals surface area (Å²) in [6, 6.07) is 21.9. The molecule has 0 N–H and O–H groups in total. The fourth-order valence-electron chi connectivity index (χ4n) is 2.72. The summed E-state index contributed by atoms with van der Waals surface area (Å²) < 4.78 is 0.241. The molecule has 1 fully saturated rings. The van der Waals surface area contributed by atoms with Crippen LogP contribution in [0, 0.1) is 30.4 Å². The lowest BCUT2D eigenvalue weighted by molar-refractivity contribution is 0.803. The van der Waals surface area contributed by atoms with Gasteiger partial charge in [0.05, 0.1) is 0 Å². The van der Waals surface area contributed by atoms with Gasteiger partial charge in [-0.15, -0.1) is 11.8 Å². The monoisotopic (exact) mass is 351 g/mol. The number of benzene rings is 2. The number of rotatable bonds is 5. The van der Waals surface area contributed by atoms with Crippen LogP contribution in [-0.4, -0.2) is 10.9 Å². The van der Waals surface area contributed by atoms with Crippen molar-refractivity contribution in [2.75, 3.05) is 6.16 Å². The smallest absolute Gasteiger partial charge is 0.0423 e. The minimum atomic E-state index is -0.373. The summed E-state index contributed by atoms with van der Waals surface area (Å²) in [5, 5.41) is 4.33. The fraction of sp³-hybridized carbons (Fsp3) is 0.227. The van der Waals surface area contributed by atoms with E-state index < -0.39 is 0 Å². The van der Waals surface area contributed by atoms with Crippen molar-refractivity contribution in [3.8, 4) is 0 Å². The van der Waals surface area contributed by atoms with Crippen LogP contribution in [0.15, 0.2) is 60.7 Å². The first-order valence-electron chi connectivity index (χ1n) is 8.34. The van der Waals surface area contributed by atoms with Gasteiger partial charge in [0, 0.05) is 15.9 Å². The molecular weight excluding hydrogens is 327 g/mol. The Hall–Kier alpha value is -0.780. The molecule has 0 aromatic heterocycles. The van der Waals surface area contributed by atoms with Gasteiger partial charge in [-0.25, -0.2) is 0 Å². The van der Waals surface area contributed by atoms with Crippen LogP contribution >= 0.6 is 19.7 Å². The third-order valence-electron chi connectivity index (χ3n) is 3.74. The molecule has 0 heterocycles. The summed E-state index contributed by atoms with van der Waals surface area (Å²) in [6.45, 7) is 6.85. The Bertz CT molecular complexity index is 578. The number of hydrogen-bond acceptors (Lipinski definition) is 1. The Morgan fingerprint density at radius 3 is 1.83 bits per heavy atom. The van der Waals surface area contributed by atoms with E-state index in [2.05, 4.69) is 101 Å². The molecule has 2 aromatic rings. The molecule has 0 nitrogen and oxygen atoms in total. The molecule has 0 amide bonds. The Morgan fingerprint density at radius 1 is 0.792 bits per heavy atom. The van der Waals surface area contributed by atoms with E-state index in [0.29, 0.717) is 0 Å². The highest BCUT2D eigenvalue weighted by atomic mass is 32.2. The first kappa shape index (κ1) is 18.0. The lowest BCUT2D eigenvalue weighted by Crippen LogP contribution is -2.20. The average molecular weight is 351 g/mol. The highest BCUT2D eigenvalue weighted by Gasteiger charge is 2.35. The Balaban J connectivity index is 1.82. The average Bonchev–Trinajstić information content (AvgIpc) is 2.99. The molecule has 0 unspecified atom stereocenters. The highest BCUT2D eigenvalue weighted by molar-refractivity contribution is 8.03. The molecule has 1 aliphatic rings. The van der Waals surface area contributed by atoms with E-state index in [1.54, 1.807) is 0 Å². The number of hydrogen-bond donors (Lipinski definition) is 0. The van der Waals surface area contributed by atoms with Gasteiger partial charge in [0.1, 0.15) is 0 Å². The summed E-state index contributed by atoms with van der Waals surface area (Å²) in [5.74, 6) is 1.48. The van der Waals surface area contributed by atoms with E-state index in [0.717, 1.165) is 6.16 Å². The largest absolute Gasteiger partial charge is 0.147 e. The zero-order chi connectivity index (χ0) is 17.0. The van der Waals surface area contributed by atoms with Gasteiger partial charge in [-0.1, -0.05) is 81.4 Å². The van der Waals surface area contributed by atoms with E-state index in [9.17, 15) is 0 Å². The molecule has 0 atom stereocenters. The van der Waals surface area contributed by atoms with Crippen molar-refractivity contribution in [1.29, 1.82) is 0 Å². The molecule has 0 bridgehead atoms. The molecule has 5 radical (unpaired) electrons. The van der Waals surface area contributed by atoms with Gasteiger partial charge in [0.15, 0.2) is 0 Å². The molecule has 123 valence electrons. The van der Waals surface area contributed by atoms with Crippen LogP contribution in [0.4, 0.5) is 0 Å². The lowest BCUT2D eigenvalue weighted by atomic mass is 10.1. The second-order valence-corrected chi connectivity index (χ2v) is 11.0. The quantitative estimate of drug-likeness (QED) is 0.651. The predicted octanol–water partition coefficient (Wildman–Crippen LogP) is 5.38. The predicted molar refractivity (Wildman–Crippen MR) is 111 cm³/mol. The van der Waals surface area contributed by atoms with Crippen LogP contribution in [0.25, 0.3) is 0 Å². The van der Waals surface area contributed by atoms with Crippen LogP contribution < -0.4 is 10.6 Å². The third kappa shape index (κ3) is 4.87. The molecule has 0 saturated heterocycles. The summed E-state index contributed by atoms with van der Waals surface area (Å²) >= 11 is 1.98. The van der Waals surface area contributed by atoms with Crippen molar-refractivity contribution < 1.29 is 0 Å². The van der Waals surface area contributed by atoms with Gasteiger partial charge in [0.25, 0.3) is 0 Å². The molecule has 2 heteroatoms. The van der Waals surface area contributed by atoms with Gasteiger partial charge in [-0.3, -0.25) is 0 Å². The van der Waals surface area contributed by atoms with E-state index in [1.807, 2.05) is 11.8 Å². The van der Waals surface area contributed by atoms with Crippen molar-refractivity contribution >= 4 is 30.3 Å². The normalized spacial score (nSPS) is 16.8. The van der Waals surface area contributed by atoms with E-state index in [1.165, 1.54) is 21.8 Å². The molecular formula is C22H24PS. The molecule has 0 aliphatic heterocycles.